The lowest BCUT2D eigenvalue weighted by atomic mass is 10.0. The summed E-state index contributed by atoms with van der Waals surface area (Å²) in [5, 5.41) is 3.70. The lowest BCUT2D eigenvalue weighted by Crippen LogP contribution is -2.39. The van der Waals surface area contributed by atoms with E-state index in [9.17, 15) is 0 Å². The number of aromatic nitrogens is 1. The molecule has 0 aliphatic carbocycles. The Morgan fingerprint density at radius 3 is 2.24 bits per heavy atom. The summed E-state index contributed by atoms with van der Waals surface area (Å²) in [6.07, 6.45) is 6.09. The number of pyridine rings is 1. The lowest BCUT2D eigenvalue weighted by Gasteiger charge is -2.34. The fourth-order valence-corrected chi connectivity index (χ4v) is 3.13. The molecule has 0 radical (unpaired) electrons. The van der Waals surface area contributed by atoms with Crippen LogP contribution in [0.25, 0.3) is 0 Å². The number of nitrogens with zero attached hydrogens (tertiary/aromatic N) is 2. The monoisotopic (exact) mass is 281 g/mol. The van der Waals surface area contributed by atoms with Gasteiger partial charge in [0.25, 0.3) is 0 Å². The maximum Gasteiger partial charge on any atom is 0.0397 e. The molecule has 1 aromatic heterocycles. The molecule has 1 fully saturated rings. The molecule has 0 bridgehead atoms. The Hall–Kier alpha value is -2.03. The van der Waals surface area contributed by atoms with Crippen LogP contribution in [-0.4, -0.2) is 24.1 Å². The van der Waals surface area contributed by atoms with Crippen molar-refractivity contribution in [3.05, 3.63) is 53.9 Å². The van der Waals surface area contributed by atoms with Crippen LogP contribution in [0.2, 0.25) is 0 Å². The van der Waals surface area contributed by atoms with Crippen LogP contribution >= 0.6 is 0 Å². The highest BCUT2D eigenvalue weighted by atomic mass is 15.1. The number of nitrogens with one attached hydrogen (secondary N) is 1. The summed E-state index contributed by atoms with van der Waals surface area (Å²) in [6.45, 7) is 6.52. The summed E-state index contributed by atoms with van der Waals surface area (Å²) in [4.78, 5) is 6.53. The van der Waals surface area contributed by atoms with Gasteiger partial charge < -0.3 is 10.2 Å². The molecule has 1 aromatic carbocycles. The van der Waals surface area contributed by atoms with Crippen molar-refractivity contribution < 1.29 is 0 Å². The Morgan fingerprint density at radius 2 is 1.62 bits per heavy atom. The normalized spacial score (nSPS) is 16.0. The van der Waals surface area contributed by atoms with Crippen molar-refractivity contribution in [2.24, 2.45) is 0 Å². The summed E-state index contributed by atoms with van der Waals surface area (Å²) < 4.78 is 0. The number of hydrogen-bond acceptors (Lipinski definition) is 3. The third-order valence-corrected chi connectivity index (χ3v) is 4.12. The van der Waals surface area contributed by atoms with Gasteiger partial charge in [-0.15, -0.1) is 0 Å². The fraction of sp³-hybridized carbons (Fsp3) is 0.389. The molecule has 3 nitrogen and oxygen atoms in total. The maximum atomic E-state index is 4.09. The summed E-state index contributed by atoms with van der Waals surface area (Å²) >= 11 is 0. The van der Waals surface area contributed by atoms with Gasteiger partial charge in [0.05, 0.1) is 0 Å². The molecule has 1 N–H and O–H groups in total. The SMILES string of the molecule is Cc1cc(C)cc(NC2CCN(c3ccncc3)CC2)c1. The van der Waals surface area contributed by atoms with Gasteiger partial charge in [0.1, 0.15) is 0 Å². The summed E-state index contributed by atoms with van der Waals surface area (Å²) in [5.74, 6) is 0. The molecule has 2 aromatic rings. The average Bonchev–Trinajstić information content (AvgIpc) is 2.48. The van der Waals surface area contributed by atoms with Gasteiger partial charge in [-0.1, -0.05) is 6.07 Å². The molecule has 3 heteroatoms. The molecule has 2 heterocycles. The van der Waals surface area contributed by atoms with Gasteiger partial charge in [0.2, 0.25) is 0 Å². The van der Waals surface area contributed by atoms with E-state index in [2.05, 4.69) is 59.4 Å². The highest BCUT2D eigenvalue weighted by molar-refractivity contribution is 5.50. The van der Waals surface area contributed by atoms with Crippen LogP contribution in [0.4, 0.5) is 11.4 Å². The van der Waals surface area contributed by atoms with Crippen molar-refractivity contribution in [2.75, 3.05) is 23.3 Å². The third kappa shape index (κ3) is 3.54. The predicted octanol–water partition coefficient (Wildman–Crippen LogP) is 3.78. The van der Waals surface area contributed by atoms with Crippen LogP contribution in [-0.2, 0) is 0 Å². The second-order valence-corrected chi connectivity index (χ2v) is 5.99. The van der Waals surface area contributed by atoms with Crippen LogP contribution in [0.5, 0.6) is 0 Å². The first kappa shape index (κ1) is 13.9. The number of anilines is 2. The summed E-state index contributed by atoms with van der Waals surface area (Å²) in [6, 6.07) is 11.5. The summed E-state index contributed by atoms with van der Waals surface area (Å²) in [7, 11) is 0. The van der Waals surface area contributed by atoms with E-state index in [0.29, 0.717) is 6.04 Å². The zero-order valence-electron chi connectivity index (χ0n) is 12.8. The van der Waals surface area contributed by atoms with Crippen LogP contribution < -0.4 is 10.2 Å². The Labute approximate surface area is 127 Å². The van der Waals surface area contributed by atoms with Gasteiger partial charge in [-0.3, -0.25) is 4.98 Å². The smallest absolute Gasteiger partial charge is 0.0397 e. The van der Waals surface area contributed by atoms with Crippen molar-refractivity contribution in [2.45, 2.75) is 32.7 Å². The van der Waals surface area contributed by atoms with E-state index in [4.69, 9.17) is 0 Å². The Balaban J connectivity index is 1.58. The Morgan fingerprint density at radius 1 is 1.00 bits per heavy atom. The molecular weight excluding hydrogens is 258 g/mol. The van der Waals surface area contributed by atoms with Gasteiger partial charge in [0.15, 0.2) is 0 Å². The van der Waals surface area contributed by atoms with Crippen molar-refractivity contribution >= 4 is 11.4 Å². The Bertz CT molecular complexity index is 566. The van der Waals surface area contributed by atoms with Crippen molar-refractivity contribution in [3.8, 4) is 0 Å². The van der Waals surface area contributed by atoms with Crippen molar-refractivity contribution in [1.82, 2.24) is 4.98 Å². The zero-order valence-corrected chi connectivity index (χ0v) is 12.8. The first-order valence-corrected chi connectivity index (χ1v) is 7.70. The number of hydrogen-bond donors (Lipinski definition) is 1. The first-order valence-electron chi connectivity index (χ1n) is 7.70. The van der Waals surface area contributed by atoms with Gasteiger partial charge in [-0.25, -0.2) is 0 Å². The van der Waals surface area contributed by atoms with E-state index in [-0.39, 0.29) is 0 Å². The molecule has 0 atom stereocenters. The minimum Gasteiger partial charge on any atom is -0.382 e. The van der Waals surface area contributed by atoms with E-state index in [1.807, 2.05) is 12.4 Å². The standard InChI is InChI=1S/C18H23N3/c1-14-11-15(2)13-17(12-14)20-16-5-9-21(10-6-16)18-3-7-19-8-4-18/h3-4,7-8,11-13,16,20H,5-6,9-10H2,1-2H3. The Kier molecular flexibility index (Phi) is 4.09. The molecule has 0 unspecified atom stereocenters. The average molecular weight is 281 g/mol. The van der Waals surface area contributed by atoms with Crippen molar-refractivity contribution in [1.29, 1.82) is 0 Å². The van der Waals surface area contributed by atoms with E-state index in [1.54, 1.807) is 0 Å². The quantitative estimate of drug-likeness (QED) is 0.928. The topological polar surface area (TPSA) is 28.2 Å². The van der Waals surface area contributed by atoms with Crippen LogP contribution in [0.1, 0.15) is 24.0 Å². The van der Waals surface area contributed by atoms with Gasteiger partial charge in [-0.2, -0.15) is 0 Å². The molecule has 0 amide bonds. The number of piperidine rings is 1. The maximum absolute atomic E-state index is 4.09. The van der Waals surface area contributed by atoms with E-state index in [0.717, 1.165) is 13.1 Å². The number of rotatable bonds is 3. The first-order chi connectivity index (χ1) is 10.2. The molecule has 0 spiro atoms. The van der Waals surface area contributed by atoms with Crippen LogP contribution in [0.15, 0.2) is 42.7 Å². The highest BCUT2D eigenvalue weighted by Crippen LogP contribution is 2.22. The van der Waals surface area contributed by atoms with E-state index >= 15 is 0 Å². The zero-order chi connectivity index (χ0) is 14.7. The second kappa shape index (κ2) is 6.17. The second-order valence-electron chi connectivity index (χ2n) is 5.99. The van der Waals surface area contributed by atoms with Gasteiger partial charge >= 0.3 is 0 Å². The fourth-order valence-electron chi connectivity index (χ4n) is 3.13. The lowest BCUT2D eigenvalue weighted by molar-refractivity contribution is 0.526. The molecule has 1 aliphatic rings. The van der Waals surface area contributed by atoms with E-state index in [1.165, 1.54) is 35.3 Å². The molecule has 1 saturated heterocycles. The minimum absolute atomic E-state index is 0.573. The van der Waals surface area contributed by atoms with Gasteiger partial charge in [0, 0.05) is 42.9 Å². The molecule has 110 valence electrons. The molecule has 3 rings (SSSR count). The molecule has 1 aliphatic heterocycles. The molecule has 0 saturated carbocycles. The van der Waals surface area contributed by atoms with E-state index < -0.39 is 0 Å². The molecular formula is C18H23N3. The molecule has 21 heavy (non-hydrogen) atoms. The van der Waals surface area contributed by atoms with Crippen LogP contribution in [0.3, 0.4) is 0 Å². The predicted molar refractivity (Wildman–Crippen MR) is 89.0 cm³/mol. The summed E-state index contributed by atoms with van der Waals surface area (Å²) in [5.41, 5.74) is 5.20. The highest BCUT2D eigenvalue weighted by Gasteiger charge is 2.19. The minimum atomic E-state index is 0.573. The third-order valence-electron chi connectivity index (χ3n) is 4.12. The number of benzene rings is 1. The largest absolute Gasteiger partial charge is 0.382 e. The van der Waals surface area contributed by atoms with Gasteiger partial charge in [-0.05, 0) is 62.1 Å². The van der Waals surface area contributed by atoms with Crippen molar-refractivity contribution in [3.63, 3.8) is 0 Å². The van der Waals surface area contributed by atoms with Crippen LogP contribution in [0, 0.1) is 13.8 Å². The number of aryl methyl sites for hydroxylation is 2.